The molecule has 1 fully saturated rings. The van der Waals surface area contributed by atoms with Crippen LogP contribution in [0.3, 0.4) is 0 Å². The molecule has 0 saturated heterocycles. The van der Waals surface area contributed by atoms with E-state index < -0.39 is 9.73 Å². The fourth-order valence-corrected chi connectivity index (χ4v) is 3.18. The lowest BCUT2D eigenvalue weighted by Gasteiger charge is -2.21. The van der Waals surface area contributed by atoms with E-state index in [0.717, 1.165) is 25.7 Å². The molecule has 0 bridgehead atoms. The minimum absolute atomic E-state index is 0.158. The Balaban J connectivity index is 2.75. The predicted octanol–water partition coefficient (Wildman–Crippen LogP) is 1.90. The van der Waals surface area contributed by atoms with Crippen LogP contribution in [0.15, 0.2) is 4.36 Å². The highest BCUT2D eigenvalue weighted by Crippen LogP contribution is 2.24. The van der Waals surface area contributed by atoms with Gasteiger partial charge >= 0.3 is 0 Å². The summed E-state index contributed by atoms with van der Waals surface area (Å²) in [6, 6.07) is 0. The van der Waals surface area contributed by atoms with Gasteiger partial charge in [0, 0.05) is 11.5 Å². The normalized spacial score (nSPS) is 24.0. The first-order valence-corrected chi connectivity index (χ1v) is 6.24. The minimum atomic E-state index is -2.22. The standard InChI is InChI=1S/C8H14N2OS/c1-12(11,10-7-9)8-5-3-2-4-6-8/h8H,2-6H2,1H3/t12-/m1/s1. The highest BCUT2D eigenvalue weighted by atomic mass is 32.2. The van der Waals surface area contributed by atoms with Crippen molar-refractivity contribution in [2.45, 2.75) is 37.4 Å². The first kappa shape index (κ1) is 9.53. The van der Waals surface area contributed by atoms with Crippen LogP contribution in [-0.4, -0.2) is 15.7 Å². The summed E-state index contributed by atoms with van der Waals surface area (Å²) in [5, 5.41) is 8.49. The van der Waals surface area contributed by atoms with Crippen molar-refractivity contribution in [2.24, 2.45) is 4.36 Å². The molecule has 0 heterocycles. The molecule has 0 radical (unpaired) electrons. The van der Waals surface area contributed by atoms with Crippen LogP contribution in [0.1, 0.15) is 32.1 Å². The Morgan fingerprint density at radius 3 is 2.50 bits per heavy atom. The number of nitriles is 1. The van der Waals surface area contributed by atoms with Crippen LogP contribution in [0, 0.1) is 11.5 Å². The van der Waals surface area contributed by atoms with Gasteiger partial charge in [0.25, 0.3) is 0 Å². The lowest BCUT2D eigenvalue weighted by atomic mass is 10.0. The maximum absolute atomic E-state index is 11.8. The van der Waals surface area contributed by atoms with E-state index in [2.05, 4.69) is 4.36 Å². The average Bonchev–Trinajstić information content (AvgIpc) is 2.06. The lowest BCUT2D eigenvalue weighted by molar-refractivity contribution is 0.503. The molecule has 1 rings (SSSR count). The molecule has 1 aliphatic carbocycles. The summed E-state index contributed by atoms with van der Waals surface area (Å²) in [6.07, 6.45) is 8.71. The Morgan fingerprint density at radius 2 is 2.00 bits per heavy atom. The second kappa shape index (κ2) is 3.90. The van der Waals surface area contributed by atoms with Gasteiger partial charge in [-0.3, -0.25) is 0 Å². The Kier molecular flexibility index (Phi) is 3.10. The van der Waals surface area contributed by atoms with Gasteiger partial charge in [-0.15, -0.1) is 4.36 Å². The zero-order valence-corrected chi connectivity index (χ0v) is 8.14. The Labute approximate surface area is 74.0 Å². The van der Waals surface area contributed by atoms with E-state index in [9.17, 15) is 4.21 Å². The van der Waals surface area contributed by atoms with Gasteiger partial charge in [0.05, 0.1) is 9.73 Å². The first-order chi connectivity index (χ1) is 5.67. The fraction of sp³-hybridized carbons (Fsp3) is 0.875. The van der Waals surface area contributed by atoms with Gasteiger partial charge < -0.3 is 0 Å². The molecule has 4 heteroatoms. The van der Waals surface area contributed by atoms with Gasteiger partial charge in [-0.2, -0.15) is 5.26 Å². The minimum Gasteiger partial charge on any atom is -0.249 e. The van der Waals surface area contributed by atoms with Crippen LogP contribution >= 0.6 is 0 Å². The van der Waals surface area contributed by atoms with Crippen molar-refractivity contribution >= 4 is 9.73 Å². The van der Waals surface area contributed by atoms with Crippen LogP contribution in [0.5, 0.6) is 0 Å². The molecule has 1 aliphatic rings. The fourth-order valence-electron chi connectivity index (χ4n) is 1.66. The highest BCUT2D eigenvalue weighted by Gasteiger charge is 2.21. The third-order valence-corrected chi connectivity index (χ3v) is 4.55. The van der Waals surface area contributed by atoms with E-state index in [0.29, 0.717) is 0 Å². The van der Waals surface area contributed by atoms with Crippen LogP contribution < -0.4 is 0 Å². The van der Waals surface area contributed by atoms with Gasteiger partial charge in [0.2, 0.25) is 6.19 Å². The molecule has 1 saturated carbocycles. The molecule has 0 aromatic rings. The van der Waals surface area contributed by atoms with Crippen molar-refractivity contribution in [3.8, 4) is 6.19 Å². The van der Waals surface area contributed by atoms with E-state index >= 15 is 0 Å². The summed E-state index contributed by atoms with van der Waals surface area (Å²) in [7, 11) is -2.22. The topological polar surface area (TPSA) is 53.2 Å². The van der Waals surface area contributed by atoms with Crippen molar-refractivity contribution in [1.82, 2.24) is 0 Å². The molecule has 0 unspecified atom stereocenters. The molecule has 3 nitrogen and oxygen atoms in total. The summed E-state index contributed by atoms with van der Waals surface area (Å²) in [5.74, 6) is 0. The monoisotopic (exact) mass is 186 g/mol. The largest absolute Gasteiger partial charge is 0.249 e. The number of nitrogens with zero attached hydrogens (tertiary/aromatic N) is 2. The van der Waals surface area contributed by atoms with Crippen LogP contribution in [0.25, 0.3) is 0 Å². The molecule has 12 heavy (non-hydrogen) atoms. The molecule has 0 aromatic heterocycles. The molecule has 0 amide bonds. The first-order valence-electron chi connectivity index (χ1n) is 4.26. The van der Waals surface area contributed by atoms with Gasteiger partial charge in [0.15, 0.2) is 0 Å². The molecule has 0 N–H and O–H groups in total. The highest BCUT2D eigenvalue weighted by molar-refractivity contribution is 7.93. The van der Waals surface area contributed by atoms with Crippen LogP contribution in [0.2, 0.25) is 0 Å². The van der Waals surface area contributed by atoms with Gasteiger partial charge in [-0.1, -0.05) is 19.3 Å². The summed E-state index contributed by atoms with van der Waals surface area (Å²) in [6.45, 7) is 0. The zero-order valence-electron chi connectivity index (χ0n) is 7.32. The SMILES string of the molecule is C[S@](=O)(=NC#N)C1CCCCC1. The predicted molar refractivity (Wildman–Crippen MR) is 49.0 cm³/mol. The van der Waals surface area contributed by atoms with E-state index in [-0.39, 0.29) is 5.25 Å². The van der Waals surface area contributed by atoms with E-state index in [1.807, 2.05) is 0 Å². The van der Waals surface area contributed by atoms with Crippen LogP contribution in [-0.2, 0) is 9.73 Å². The third-order valence-electron chi connectivity index (χ3n) is 2.39. The number of rotatable bonds is 1. The van der Waals surface area contributed by atoms with Crippen molar-refractivity contribution in [3.63, 3.8) is 0 Å². The molecule has 68 valence electrons. The molecule has 0 aromatic carbocycles. The van der Waals surface area contributed by atoms with E-state index in [1.165, 1.54) is 6.42 Å². The number of hydrogen-bond acceptors (Lipinski definition) is 3. The van der Waals surface area contributed by atoms with Gasteiger partial charge in [0.1, 0.15) is 0 Å². The molecular formula is C8H14N2OS. The second-order valence-electron chi connectivity index (χ2n) is 3.31. The Hall–Kier alpha value is -0.560. The maximum Gasteiger partial charge on any atom is 0.214 e. The van der Waals surface area contributed by atoms with Crippen molar-refractivity contribution in [3.05, 3.63) is 0 Å². The molecule has 1 atom stereocenters. The summed E-state index contributed by atoms with van der Waals surface area (Å²) in [5.41, 5.74) is 0. The third kappa shape index (κ3) is 2.21. The maximum atomic E-state index is 11.8. The van der Waals surface area contributed by atoms with Crippen molar-refractivity contribution < 1.29 is 4.21 Å². The Bertz CT molecular complexity index is 291. The smallest absolute Gasteiger partial charge is 0.214 e. The molecule has 0 spiro atoms. The summed E-state index contributed by atoms with van der Waals surface area (Å²) in [4.78, 5) is 0. The molecule has 0 aliphatic heterocycles. The van der Waals surface area contributed by atoms with E-state index in [1.54, 1.807) is 12.4 Å². The van der Waals surface area contributed by atoms with Gasteiger partial charge in [-0.05, 0) is 12.8 Å². The number of hydrogen-bond donors (Lipinski definition) is 0. The van der Waals surface area contributed by atoms with Crippen molar-refractivity contribution in [2.75, 3.05) is 6.26 Å². The van der Waals surface area contributed by atoms with Crippen LogP contribution in [0.4, 0.5) is 0 Å². The summed E-state index contributed by atoms with van der Waals surface area (Å²) < 4.78 is 15.3. The van der Waals surface area contributed by atoms with Crippen molar-refractivity contribution in [1.29, 1.82) is 5.26 Å². The average molecular weight is 186 g/mol. The Morgan fingerprint density at radius 1 is 1.42 bits per heavy atom. The zero-order chi connectivity index (χ0) is 9.03. The van der Waals surface area contributed by atoms with Gasteiger partial charge in [-0.25, -0.2) is 4.21 Å². The lowest BCUT2D eigenvalue weighted by Crippen LogP contribution is -2.22. The summed E-state index contributed by atoms with van der Waals surface area (Å²) >= 11 is 0. The van der Waals surface area contributed by atoms with E-state index in [4.69, 9.17) is 5.26 Å². The quantitative estimate of drug-likeness (QED) is 0.587. The second-order valence-corrected chi connectivity index (χ2v) is 5.88. The molecular weight excluding hydrogens is 172 g/mol.